The van der Waals surface area contributed by atoms with Crippen molar-refractivity contribution >= 4 is 15.9 Å². The van der Waals surface area contributed by atoms with Crippen LogP contribution in [0.1, 0.15) is 61.7 Å². The van der Waals surface area contributed by atoms with Crippen molar-refractivity contribution < 1.29 is 13.2 Å². The van der Waals surface area contributed by atoms with E-state index in [-0.39, 0.29) is 16.8 Å². The van der Waals surface area contributed by atoms with Gasteiger partial charge >= 0.3 is 0 Å². The molecule has 3 fully saturated rings. The lowest BCUT2D eigenvalue weighted by atomic mass is 10.1. The molecule has 1 amide bonds. The van der Waals surface area contributed by atoms with Gasteiger partial charge in [-0.05, 0) is 68.6 Å². The third-order valence-corrected chi connectivity index (χ3v) is 7.75. The summed E-state index contributed by atoms with van der Waals surface area (Å²) in [6.07, 6.45) is 8.77. The summed E-state index contributed by atoms with van der Waals surface area (Å²) in [5.41, 5.74) is 0.451. The maximum atomic E-state index is 13.0. The number of hydrogen-bond donors (Lipinski definition) is 1. The minimum absolute atomic E-state index is 0.137. The largest absolute Gasteiger partial charge is 0.349 e. The molecule has 0 radical (unpaired) electrons. The number of sulfonamides is 1. The number of carbonyl (C=O) groups excluding carboxylic acids is 1. The Morgan fingerprint density at radius 2 is 1.62 bits per heavy atom. The van der Waals surface area contributed by atoms with Crippen LogP contribution in [0.5, 0.6) is 0 Å². The van der Waals surface area contributed by atoms with E-state index in [1.54, 1.807) is 28.6 Å². The van der Waals surface area contributed by atoms with E-state index in [2.05, 4.69) is 5.32 Å². The van der Waals surface area contributed by atoms with Crippen LogP contribution in [0.25, 0.3) is 0 Å². The molecule has 1 aromatic carbocycles. The van der Waals surface area contributed by atoms with Crippen LogP contribution >= 0.6 is 0 Å². The highest BCUT2D eigenvalue weighted by Gasteiger charge is 2.42. The molecule has 1 saturated heterocycles. The van der Waals surface area contributed by atoms with Crippen LogP contribution in [0.3, 0.4) is 0 Å². The number of benzene rings is 1. The van der Waals surface area contributed by atoms with Gasteiger partial charge in [-0.25, -0.2) is 8.42 Å². The first-order valence-corrected chi connectivity index (χ1v) is 11.4. The van der Waals surface area contributed by atoms with Crippen LogP contribution in [0.15, 0.2) is 29.2 Å². The van der Waals surface area contributed by atoms with E-state index in [0.29, 0.717) is 30.5 Å². The number of nitrogens with one attached hydrogen (secondary N) is 1. The van der Waals surface area contributed by atoms with E-state index in [1.165, 1.54) is 25.7 Å². The fourth-order valence-corrected chi connectivity index (χ4v) is 5.56. The highest BCUT2D eigenvalue weighted by molar-refractivity contribution is 7.89. The zero-order chi connectivity index (χ0) is 18.1. The highest BCUT2D eigenvalue weighted by Crippen LogP contribution is 2.44. The van der Waals surface area contributed by atoms with Gasteiger partial charge in [0, 0.05) is 24.7 Å². The molecule has 26 heavy (non-hydrogen) atoms. The average molecular weight is 377 g/mol. The molecule has 0 spiro atoms. The smallest absolute Gasteiger partial charge is 0.251 e. The number of amides is 1. The van der Waals surface area contributed by atoms with Crippen LogP contribution in [-0.4, -0.2) is 37.8 Å². The monoisotopic (exact) mass is 376 g/mol. The molecule has 0 unspecified atom stereocenters. The zero-order valence-corrected chi connectivity index (χ0v) is 16.0. The second-order valence-corrected chi connectivity index (χ2v) is 9.96. The molecule has 1 N–H and O–H groups in total. The lowest BCUT2D eigenvalue weighted by Gasteiger charge is -2.21. The molecule has 0 aromatic heterocycles. The molecule has 1 heterocycles. The third kappa shape index (κ3) is 3.96. The molecule has 5 nitrogen and oxygen atoms in total. The minimum Gasteiger partial charge on any atom is -0.349 e. The average Bonchev–Trinajstić information content (AvgIpc) is 3.53. The van der Waals surface area contributed by atoms with Crippen LogP contribution in [0, 0.1) is 11.8 Å². The summed E-state index contributed by atoms with van der Waals surface area (Å²) in [6.45, 7) is 1.15. The van der Waals surface area contributed by atoms with Crippen molar-refractivity contribution in [2.45, 2.75) is 62.3 Å². The summed E-state index contributed by atoms with van der Waals surface area (Å²) < 4.78 is 27.5. The molecule has 142 valence electrons. The Hall–Kier alpha value is -1.40. The van der Waals surface area contributed by atoms with E-state index in [9.17, 15) is 13.2 Å². The van der Waals surface area contributed by atoms with Crippen LogP contribution < -0.4 is 5.32 Å². The molecule has 4 rings (SSSR count). The van der Waals surface area contributed by atoms with E-state index < -0.39 is 10.0 Å². The first-order valence-electron chi connectivity index (χ1n) is 9.97. The van der Waals surface area contributed by atoms with Crippen molar-refractivity contribution in [2.24, 2.45) is 11.8 Å². The number of nitrogens with zero attached hydrogens (tertiary/aromatic N) is 1. The molecule has 0 atom stereocenters. The van der Waals surface area contributed by atoms with E-state index in [1.807, 2.05) is 0 Å². The summed E-state index contributed by atoms with van der Waals surface area (Å²) in [7, 11) is -3.52. The van der Waals surface area contributed by atoms with E-state index in [0.717, 1.165) is 25.7 Å². The van der Waals surface area contributed by atoms with E-state index >= 15 is 0 Å². The molecule has 6 heteroatoms. The van der Waals surface area contributed by atoms with Crippen molar-refractivity contribution in [2.75, 3.05) is 13.1 Å². The van der Waals surface area contributed by atoms with Crippen molar-refractivity contribution in [3.8, 4) is 0 Å². The Balaban J connectivity index is 1.51. The normalized spacial score (nSPS) is 22.2. The first-order chi connectivity index (χ1) is 12.6. The second-order valence-electron chi connectivity index (χ2n) is 8.02. The number of hydrogen-bond acceptors (Lipinski definition) is 3. The van der Waals surface area contributed by atoms with Crippen molar-refractivity contribution in [1.82, 2.24) is 9.62 Å². The van der Waals surface area contributed by atoms with Crippen molar-refractivity contribution in [1.29, 1.82) is 0 Å². The van der Waals surface area contributed by atoms with Gasteiger partial charge in [-0.2, -0.15) is 4.31 Å². The maximum absolute atomic E-state index is 13.0. The summed E-state index contributed by atoms with van der Waals surface area (Å²) in [5, 5.41) is 3.18. The van der Waals surface area contributed by atoms with E-state index in [4.69, 9.17) is 0 Å². The predicted octanol–water partition coefficient (Wildman–Crippen LogP) is 3.17. The number of carbonyl (C=O) groups is 1. The Kier molecular flexibility index (Phi) is 5.06. The molecule has 2 aliphatic carbocycles. The first kappa shape index (κ1) is 18.0. The summed E-state index contributed by atoms with van der Waals surface area (Å²) in [6, 6.07) is 6.83. The molecule has 1 aromatic rings. The Bertz CT molecular complexity index is 749. The van der Waals surface area contributed by atoms with Crippen LogP contribution in [0.2, 0.25) is 0 Å². The topological polar surface area (TPSA) is 66.5 Å². The van der Waals surface area contributed by atoms with Crippen molar-refractivity contribution in [3.63, 3.8) is 0 Å². The van der Waals surface area contributed by atoms with Gasteiger partial charge in [0.15, 0.2) is 0 Å². The third-order valence-electron chi connectivity index (χ3n) is 5.86. The van der Waals surface area contributed by atoms with Gasteiger partial charge in [-0.15, -0.1) is 0 Å². The van der Waals surface area contributed by atoms with Crippen LogP contribution in [-0.2, 0) is 10.0 Å². The van der Waals surface area contributed by atoms with Gasteiger partial charge in [0.05, 0.1) is 4.90 Å². The lowest BCUT2D eigenvalue weighted by molar-refractivity contribution is 0.0926. The Labute approximate surface area is 156 Å². The summed E-state index contributed by atoms with van der Waals surface area (Å²) in [4.78, 5) is 12.9. The molecule has 0 bridgehead atoms. The zero-order valence-electron chi connectivity index (χ0n) is 15.2. The molecule has 2 saturated carbocycles. The Morgan fingerprint density at radius 3 is 2.19 bits per heavy atom. The second kappa shape index (κ2) is 7.31. The van der Waals surface area contributed by atoms with Gasteiger partial charge in [0.1, 0.15) is 0 Å². The quantitative estimate of drug-likeness (QED) is 0.829. The fourth-order valence-electron chi connectivity index (χ4n) is 3.99. The van der Waals surface area contributed by atoms with Crippen molar-refractivity contribution in [3.05, 3.63) is 29.8 Å². The molecule has 1 aliphatic heterocycles. The summed E-state index contributed by atoms with van der Waals surface area (Å²) in [5.74, 6) is 1.10. The minimum atomic E-state index is -3.52. The molecular formula is C20H28N2O3S. The van der Waals surface area contributed by atoms with Crippen LogP contribution in [0.4, 0.5) is 0 Å². The predicted molar refractivity (Wildman–Crippen MR) is 100 cm³/mol. The lowest BCUT2D eigenvalue weighted by Crippen LogP contribution is -2.38. The van der Waals surface area contributed by atoms with Gasteiger partial charge in [0.2, 0.25) is 10.0 Å². The fraction of sp³-hybridized carbons (Fsp3) is 0.650. The molecular weight excluding hydrogens is 348 g/mol. The SMILES string of the molecule is O=C(NC(C1CC1)C1CC1)c1cccc(S(=O)(=O)N2CCCCCC2)c1. The Morgan fingerprint density at radius 1 is 1.00 bits per heavy atom. The number of rotatable bonds is 6. The van der Waals surface area contributed by atoms with Gasteiger partial charge in [-0.1, -0.05) is 18.9 Å². The highest BCUT2D eigenvalue weighted by atomic mass is 32.2. The van der Waals surface area contributed by atoms with Gasteiger partial charge < -0.3 is 5.32 Å². The maximum Gasteiger partial charge on any atom is 0.251 e. The summed E-state index contributed by atoms with van der Waals surface area (Å²) >= 11 is 0. The standard InChI is InChI=1S/C20H28N2O3S/c23-20(21-19(15-8-9-15)16-10-11-16)17-6-5-7-18(14-17)26(24,25)22-12-3-1-2-4-13-22/h5-7,14-16,19H,1-4,8-13H2,(H,21,23). The molecule has 3 aliphatic rings. The van der Waals surface area contributed by atoms with Gasteiger partial charge in [-0.3, -0.25) is 4.79 Å². The van der Waals surface area contributed by atoms with Gasteiger partial charge in [0.25, 0.3) is 5.91 Å².